The van der Waals surface area contributed by atoms with Gasteiger partial charge in [0.15, 0.2) is 11.3 Å². The number of anilines is 1. The molecule has 0 unspecified atom stereocenters. The van der Waals surface area contributed by atoms with Gasteiger partial charge in [0.05, 0.1) is 18.4 Å². The fourth-order valence-corrected chi connectivity index (χ4v) is 3.41. The number of benzene rings is 1. The Labute approximate surface area is 183 Å². The number of halogens is 5. The summed E-state index contributed by atoms with van der Waals surface area (Å²) in [6.45, 7) is 1.76. The number of hydrogen-bond donors (Lipinski definition) is 1. The molecule has 4 rings (SSSR count). The molecule has 0 aliphatic carbocycles. The van der Waals surface area contributed by atoms with E-state index in [0.717, 1.165) is 11.6 Å². The predicted octanol–water partition coefficient (Wildman–Crippen LogP) is 4.86. The summed E-state index contributed by atoms with van der Waals surface area (Å²) in [5.41, 5.74) is -0.490. The fourth-order valence-electron chi connectivity index (χ4n) is 2.97. The molecule has 0 radical (unpaired) electrons. The lowest BCUT2D eigenvalue weighted by atomic mass is 10.2. The lowest BCUT2D eigenvalue weighted by Gasteiger charge is -2.09. The van der Waals surface area contributed by atoms with E-state index < -0.39 is 17.8 Å². The van der Waals surface area contributed by atoms with Crippen molar-refractivity contribution in [2.75, 3.05) is 5.32 Å². The highest BCUT2D eigenvalue weighted by Crippen LogP contribution is 2.32. The zero-order valence-corrected chi connectivity index (χ0v) is 17.3. The second kappa shape index (κ2) is 7.86. The summed E-state index contributed by atoms with van der Waals surface area (Å²) in [6, 6.07) is 8.06. The number of nitrogens with zero attached hydrogens (tertiary/aromatic N) is 5. The maximum Gasteiger partial charge on any atom is 0.433 e. The molecular weight excluding hydrogens is 456 g/mol. The number of alkyl halides is 3. The van der Waals surface area contributed by atoms with Crippen LogP contribution in [0.4, 0.5) is 18.9 Å². The average molecular weight is 469 g/mol. The molecule has 160 valence electrons. The van der Waals surface area contributed by atoms with Gasteiger partial charge in [0.1, 0.15) is 10.7 Å². The van der Waals surface area contributed by atoms with Crippen molar-refractivity contribution in [3.05, 3.63) is 75.4 Å². The van der Waals surface area contributed by atoms with Gasteiger partial charge in [-0.05, 0) is 24.6 Å². The molecule has 0 bridgehead atoms. The molecule has 0 fully saturated rings. The summed E-state index contributed by atoms with van der Waals surface area (Å²) < 4.78 is 42.1. The summed E-state index contributed by atoms with van der Waals surface area (Å²) in [5, 5.41) is 10.7. The van der Waals surface area contributed by atoms with Crippen molar-refractivity contribution < 1.29 is 18.0 Å². The summed E-state index contributed by atoms with van der Waals surface area (Å²) in [4.78, 5) is 16.6. The number of hydrogen-bond acceptors (Lipinski definition) is 4. The molecule has 3 heterocycles. The maximum atomic E-state index is 13.3. The van der Waals surface area contributed by atoms with Crippen LogP contribution in [-0.4, -0.2) is 30.3 Å². The van der Waals surface area contributed by atoms with Gasteiger partial charge in [-0.25, -0.2) is 9.50 Å². The molecule has 1 aromatic carbocycles. The molecule has 1 N–H and O–H groups in total. The number of nitrogens with one attached hydrogen (secondary N) is 1. The van der Waals surface area contributed by atoms with Crippen LogP contribution in [0, 0.1) is 6.92 Å². The Hall–Kier alpha value is -3.11. The Balaban J connectivity index is 1.60. The smallest absolute Gasteiger partial charge is 0.318 e. The molecule has 0 saturated carbocycles. The zero-order chi connectivity index (χ0) is 22.3. The highest BCUT2D eigenvalue weighted by molar-refractivity contribution is 6.37. The monoisotopic (exact) mass is 468 g/mol. The SMILES string of the molecule is Cc1cc(C(F)(F)F)n2nc(C(=O)Nc3cnn(Cc4ccccc4Cl)c3)c(Cl)c2n1. The van der Waals surface area contributed by atoms with E-state index in [9.17, 15) is 18.0 Å². The minimum Gasteiger partial charge on any atom is -0.318 e. The topological polar surface area (TPSA) is 77.1 Å². The molecule has 7 nitrogen and oxygen atoms in total. The summed E-state index contributed by atoms with van der Waals surface area (Å²) in [5.74, 6) is -0.793. The first kappa shape index (κ1) is 21.1. The molecule has 4 aromatic rings. The first-order chi connectivity index (χ1) is 14.6. The van der Waals surface area contributed by atoms with E-state index in [1.807, 2.05) is 12.1 Å². The number of rotatable bonds is 4. The molecule has 1 amide bonds. The van der Waals surface area contributed by atoms with Gasteiger partial charge in [0.25, 0.3) is 5.91 Å². The van der Waals surface area contributed by atoms with Gasteiger partial charge in [0.2, 0.25) is 0 Å². The zero-order valence-electron chi connectivity index (χ0n) is 15.8. The third-order valence-electron chi connectivity index (χ3n) is 4.35. The third-order valence-corrected chi connectivity index (χ3v) is 5.06. The second-order valence-corrected chi connectivity index (χ2v) is 7.44. The number of aryl methyl sites for hydroxylation is 1. The number of fused-ring (bicyclic) bond motifs is 1. The Morgan fingerprint density at radius 2 is 1.97 bits per heavy atom. The van der Waals surface area contributed by atoms with E-state index in [4.69, 9.17) is 23.2 Å². The summed E-state index contributed by atoms with van der Waals surface area (Å²) in [7, 11) is 0. The Bertz CT molecular complexity index is 1300. The summed E-state index contributed by atoms with van der Waals surface area (Å²) in [6.07, 6.45) is -1.76. The lowest BCUT2D eigenvalue weighted by Crippen LogP contribution is -2.15. The van der Waals surface area contributed by atoms with Crippen LogP contribution in [0.15, 0.2) is 42.7 Å². The van der Waals surface area contributed by atoms with E-state index in [1.54, 1.807) is 23.0 Å². The largest absolute Gasteiger partial charge is 0.433 e. The van der Waals surface area contributed by atoms with Crippen molar-refractivity contribution in [3.8, 4) is 0 Å². The van der Waals surface area contributed by atoms with Crippen LogP contribution in [-0.2, 0) is 12.7 Å². The Morgan fingerprint density at radius 1 is 1.23 bits per heavy atom. The highest BCUT2D eigenvalue weighted by Gasteiger charge is 2.36. The summed E-state index contributed by atoms with van der Waals surface area (Å²) >= 11 is 12.3. The van der Waals surface area contributed by atoms with Crippen LogP contribution in [0.3, 0.4) is 0 Å². The van der Waals surface area contributed by atoms with Crippen LogP contribution in [0.5, 0.6) is 0 Å². The number of carbonyl (C=O) groups is 1. The highest BCUT2D eigenvalue weighted by atomic mass is 35.5. The Kier molecular flexibility index (Phi) is 5.36. The molecular formula is C19H13Cl2F3N6O. The second-order valence-electron chi connectivity index (χ2n) is 6.65. The molecule has 0 saturated heterocycles. The van der Waals surface area contributed by atoms with Crippen molar-refractivity contribution in [3.63, 3.8) is 0 Å². The van der Waals surface area contributed by atoms with Crippen LogP contribution < -0.4 is 5.32 Å². The van der Waals surface area contributed by atoms with Crippen LogP contribution >= 0.6 is 23.2 Å². The van der Waals surface area contributed by atoms with Gasteiger partial charge in [-0.3, -0.25) is 9.48 Å². The molecule has 0 aliphatic rings. The fraction of sp³-hybridized carbons (Fsp3) is 0.158. The van der Waals surface area contributed by atoms with Crippen molar-refractivity contribution in [1.82, 2.24) is 24.4 Å². The molecule has 3 aromatic heterocycles. The third kappa shape index (κ3) is 4.21. The predicted molar refractivity (Wildman–Crippen MR) is 108 cm³/mol. The maximum absolute atomic E-state index is 13.3. The van der Waals surface area contributed by atoms with Gasteiger partial charge in [0, 0.05) is 16.9 Å². The van der Waals surface area contributed by atoms with Gasteiger partial charge in [-0.1, -0.05) is 41.4 Å². The molecule has 0 aliphatic heterocycles. The number of carbonyl (C=O) groups excluding carboxylic acids is 1. The molecule has 31 heavy (non-hydrogen) atoms. The van der Waals surface area contributed by atoms with E-state index in [0.29, 0.717) is 21.8 Å². The quantitative estimate of drug-likeness (QED) is 0.463. The van der Waals surface area contributed by atoms with Gasteiger partial charge >= 0.3 is 6.18 Å². The van der Waals surface area contributed by atoms with Crippen LogP contribution in [0.2, 0.25) is 10.0 Å². The van der Waals surface area contributed by atoms with E-state index in [2.05, 4.69) is 20.5 Å². The van der Waals surface area contributed by atoms with Crippen LogP contribution in [0.25, 0.3) is 5.65 Å². The molecule has 12 heteroatoms. The van der Waals surface area contributed by atoms with Crippen molar-refractivity contribution in [2.45, 2.75) is 19.6 Å². The van der Waals surface area contributed by atoms with Crippen molar-refractivity contribution in [2.24, 2.45) is 0 Å². The standard InChI is InChI=1S/C19H13Cl2F3N6O/c1-10-6-14(19(22,23)24)30-17(26-10)15(21)16(28-30)18(31)27-12-7-25-29(9-12)8-11-4-2-3-5-13(11)20/h2-7,9H,8H2,1H3,(H,27,31). The minimum atomic E-state index is -4.70. The molecule has 0 spiro atoms. The minimum absolute atomic E-state index is 0.0921. The van der Waals surface area contributed by atoms with Gasteiger partial charge in [-0.15, -0.1) is 0 Å². The first-order valence-electron chi connectivity index (χ1n) is 8.84. The van der Waals surface area contributed by atoms with Crippen molar-refractivity contribution in [1.29, 1.82) is 0 Å². The van der Waals surface area contributed by atoms with E-state index >= 15 is 0 Å². The lowest BCUT2D eigenvalue weighted by molar-refractivity contribution is -0.142. The van der Waals surface area contributed by atoms with Gasteiger partial charge in [-0.2, -0.15) is 23.4 Å². The first-order valence-corrected chi connectivity index (χ1v) is 9.59. The number of amides is 1. The Morgan fingerprint density at radius 3 is 2.68 bits per heavy atom. The van der Waals surface area contributed by atoms with E-state index in [-0.39, 0.29) is 22.1 Å². The molecule has 0 atom stereocenters. The van der Waals surface area contributed by atoms with Gasteiger partial charge < -0.3 is 5.32 Å². The number of aromatic nitrogens is 5. The normalized spacial score (nSPS) is 11.8. The average Bonchev–Trinajstić information content (AvgIpc) is 3.27. The van der Waals surface area contributed by atoms with Crippen LogP contribution in [0.1, 0.15) is 27.4 Å². The van der Waals surface area contributed by atoms with E-state index in [1.165, 1.54) is 13.1 Å². The van der Waals surface area contributed by atoms with Crippen molar-refractivity contribution >= 4 is 40.4 Å².